The third kappa shape index (κ3) is 2.31. The van der Waals surface area contributed by atoms with E-state index in [0.717, 1.165) is 23.5 Å². The van der Waals surface area contributed by atoms with Gasteiger partial charge in [-0.15, -0.1) is 0 Å². The molecule has 0 saturated carbocycles. The minimum Gasteiger partial charge on any atom is -0.472 e. The van der Waals surface area contributed by atoms with Crippen LogP contribution in [0.4, 0.5) is 0 Å². The minimum absolute atomic E-state index is 0.403. The average molecular weight is 269 g/mol. The number of furan rings is 1. The Hall–Kier alpha value is -1.26. The van der Waals surface area contributed by atoms with Crippen molar-refractivity contribution in [2.45, 2.75) is 39.3 Å². The van der Waals surface area contributed by atoms with Crippen LogP contribution in [0.5, 0.6) is 0 Å². The number of rotatable bonds is 4. The van der Waals surface area contributed by atoms with Gasteiger partial charge in [0.15, 0.2) is 0 Å². The largest absolute Gasteiger partial charge is 0.472 e. The first-order valence-corrected chi connectivity index (χ1v) is 6.30. The zero-order valence-corrected chi connectivity index (χ0v) is 11.5. The molecule has 0 amide bonds. The smallest absolute Gasteiger partial charge is 0.0963 e. The summed E-state index contributed by atoms with van der Waals surface area (Å²) in [4.78, 5) is 0. The quantitative estimate of drug-likeness (QED) is 0.928. The minimum atomic E-state index is -1.02. The second-order valence-corrected chi connectivity index (χ2v) is 5.00. The van der Waals surface area contributed by atoms with E-state index in [1.807, 2.05) is 18.5 Å². The molecule has 98 valence electrons. The van der Waals surface area contributed by atoms with Crippen LogP contribution in [0.1, 0.15) is 30.8 Å². The van der Waals surface area contributed by atoms with E-state index in [0.29, 0.717) is 11.4 Å². The van der Waals surface area contributed by atoms with E-state index < -0.39 is 5.60 Å². The Morgan fingerprint density at radius 1 is 1.56 bits per heavy atom. The Kier molecular flexibility index (Phi) is 3.50. The molecular formula is C13H17ClN2O2. The summed E-state index contributed by atoms with van der Waals surface area (Å²) in [5, 5.41) is 15.5. The third-order valence-electron chi connectivity index (χ3n) is 3.11. The highest BCUT2D eigenvalue weighted by Gasteiger charge is 2.28. The van der Waals surface area contributed by atoms with Gasteiger partial charge in [0.2, 0.25) is 0 Å². The van der Waals surface area contributed by atoms with Crippen LogP contribution in [0, 0.1) is 6.92 Å². The zero-order valence-electron chi connectivity index (χ0n) is 10.8. The summed E-state index contributed by atoms with van der Waals surface area (Å²) in [6.45, 7) is 6.34. The van der Waals surface area contributed by atoms with Crippen molar-refractivity contribution in [2.24, 2.45) is 0 Å². The van der Waals surface area contributed by atoms with Gasteiger partial charge < -0.3 is 9.52 Å². The van der Waals surface area contributed by atoms with E-state index in [1.54, 1.807) is 25.5 Å². The SMILES string of the molecule is CCn1nc(C)c(Cl)c1CC(C)(O)c1ccoc1. The summed E-state index contributed by atoms with van der Waals surface area (Å²) >= 11 is 6.24. The van der Waals surface area contributed by atoms with Crippen LogP contribution in [0.2, 0.25) is 5.02 Å². The van der Waals surface area contributed by atoms with Crippen molar-refractivity contribution in [3.05, 3.63) is 40.6 Å². The number of aliphatic hydroxyl groups is 1. The Bertz CT molecular complexity index is 529. The van der Waals surface area contributed by atoms with Crippen molar-refractivity contribution in [1.29, 1.82) is 0 Å². The maximum Gasteiger partial charge on any atom is 0.0963 e. The topological polar surface area (TPSA) is 51.2 Å². The molecule has 0 aromatic carbocycles. The van der Waals surface area contributed by atoms with E-state index in [1.165, 1.54) is 0 Å². The van der Waals surface area contributed by atoms with Crippen molar-refractivity contribution in [3.8, 4) is 0 Å². The first kappa shape index (κ1) is 13.2. The molecule has 0 saturated heterocycles. The van der Waals surface area contributed by atoms with Gasteiger partial charge in [0.1, 0.15) is 0 Å². The number of hydrogen-bond donors (Lipinski definition) is 1. The van der Waals surface area contributed by atoms with Gasteiger partial charge in [0.05, 0.1) is 34.5 Å². The maximum absolute atomic E-state index is 10.5. The fourth-order valence-corrected chi connectivity index (χ4v) is 2.24. The van der Waals surface area contributed by atoms with Crippen LogP contribution in [0.25, 0.3) is 0 Å². The van der Waals surface area contributed by atoms with Gasteiger partial charge in [-0.2, -0.15) is 5.10 Å². The lowest BCUT2D eigenvalue weighted by Crippen LogP contribution is -2.25. The molecule has 0 radical (unpaired) electrons. The molecule has 0 bridgehead atoms. The molecule has 2 heterocycles. The van der Waals surface area contributed by atoms with E-state index in [9.17, 15) is 5.11 Å². The van der Waals surface area contributed by atoms with Crippen molar-refractivity contribution in [3.63, 3.8) is 0 Å². The Labute approximate surface area is 111 Å². The van der Waals surface area contributed by atoms with Crippen molar-refractivity contribution in [1.82, 2.24) is 9.78 Å². The van der Waals surface area contributed by atoms with Gasteiger partial charge >= 0.3 is 0 Å². The summed E-state index contributed by atoms with van der Waals surface area (Å²) in [6, 6.07) is 1.76. The van der Waals surface area contributed by atoms with E-state index in [-0.39, 0.29) is 0 Å². The van der Waals surface area contributed by atoms with Gasteiger partial charge in [-0.25, -0.2) is 0 Å². The van der Waals surface area contributed by atoms with Gasteiger partial charge in [-0.1, -0.05) is 11.6 Å². The molecule has 5 heteroatoms. The van der Waals surface area contributed by atoms with E-state index >= 15 is 0 Å². The molecule has 2 aromatic rings. The second kappa shape index (κ2) is 4.78. The van der Waals surface area contributed by atoms with Crippen molar-refractivity contribution >= 4 is 11.6 Å². The lowest BCUT2D eigenvalue weighted by Gasteiger charge is -2.22. The van der Waals surface area contributed by atoms with Crippen LogP contribution in [0.15, 0.2) is 23.0 Å². The number of hydrogen-bond acceptors (Lipinski definition) is 3. The monoisotopic (exact) mass is 268 g/mol. The predicted octanol–water partition coefficient (Wildman–Crippen LogP) is 2.91. The van der Waals surface area contributed by atoms with Crippen molar-refractivity contribution < 1.29 is 9.52 Å². The molecule has 18 heavy (non-hydrogen) atoms. The predicted molar refractivity (Wildman–Crippen MR) is 69.6 cm³/mol. The number of aromatic nitrogens is 2. The van der Waals surface area contributed by atoms with Gasteiger partial charge in [0.25, 0.3) is 0 Å². The van der Waals surface area contributed by atoms with E-state index in [4.69, 9.17) is 16.0 Å². The number of aryl methyl sites for hydroxylation is 2. The normalized spacial score (nSPS) is 14.7. The number of nitrogens with zero attached hydrogens (tertiary/aromatic N) is 2. The molecule has 2 aromatic heterocycles. The maximum atomic E-state index is 10.5. The van der Waals surface area contributed by atoms with Crippen LogP contribution < -0.4 is 0 Å². The lowest BCUT2D eigenvalue weighted by atomic mass is 9.93. The Morgan fingerprint density at radius 3 is 2.83 bits per heavy atom. The summed E-state index contributed by atoms with van der Waals surface area (Å²) in [6.07, 6.45) is 3.50. The first-order valence-electron chi connectivity index (χ1n) is 5.92. The molecule has 1 unspecified atom stereocenters. The Morgan fingerprint density at radius 2 is 2.28 bits per heavy atom. The summed E-state index contributed by atoms with van der Waals surface area (Å²) in [7, 11) is 0. The van der Waals surface area contributed by atoms with Crippen LogP contribution >= 0.6 is 11.6 Å². The van der Waals surface area contributed by atoms with Gasteiger partial charge in [-0.3, -0.25) is 4.68 Å². The average Bonchev–Trinajstić information content (AvgIpc) is 2.93. The van der Waals surface area contributed by atoms with Crippen LogP contribution in [-0.2, 0) is 18.6 Å². The first-order chi connectivity index (χ1) is 8.45. The lowest BCUT2D eigenvalue weighted by molar-refractivity contribution is 0.0548. The molecule has 0 fully saturated rings. The summed E-state index contributed by atoms with van der Waals surface area (Å²) in [5.41, 5.74) is 1.36. The van der Waals surface area contributed by atoms with E-state index in [2.05, 4.69) is 5.10 Å². The van der Waals surface area contributed by atoms with Crippen LogP contribution in [-0.4, -0.2) is 14.9 Å². The summed E-state index contributed by atoms with van der Waals surface area (Å²) < 4.78 is 6.84. The molecule has 2 rings (SSSR count). The van der Waals surface area contributed by atoms with Gasteiger partial charge in [0, 0.05) is 18.5 Å². The molecule has 0 aliphatic rings. The highest BCUT2D eigenvalue weighted by molar-refractivity contribution is 6.31. The Balaban J connectivity index is 2.34. The van der Waals surface area contributed by atoms with Crippen molar-refractivity contribution in [2.75, 3.05) is 0 Å². The molecule has 4 nitrogen and oxygen atoms in total. The van der Waals surface area contributed by atoms with Gasteiger partial charge in [-0.05, 0) is 26.8 Å². The molecule has 1 N–H and O–H groups in total. The molecule has 0 aliphatic heterocycles. The highest BCUT2D eigenvalue weighted by Crippen LogP contribution is 2.30. The summed E-state index contributed by atoms with van der Waals surface area (Å²) in [5.74, 6) is 0. The molecule has 0 aliphatic carbocycles. The molecular weight excluding hydrogens is 252 g/mol. The zero-order chi connectivity index (χ0) is 13.3. The molecule has 0 spiro atoms. The van der Waals surface area contributed by atoms with Crippen LogP contribution in [0.3, 0.4) is 0 Å². The fraction of sp³-hybridized carbons (Fsp3) is 0.462. The standard InChI is InChI=1S/C13H17ClN2O2/c1-4-16-11(12(14)9(2)15-16)7-13(3,17)10-5-6-18-8-10/h5-6,8,17H,4,7H2,1-3H3. The third-order valence-corrected chi connectivity index (χ3v) is 3.60. The highest BCUT2D eigenvalue weighted by atomic mass is 35.5. The molecule has 1 atom stereocenters. The number of halogens is 1. The fourth-order valence-electron chi connectivity index (χ4n) is 2.04. The second-order valence-electron chi connectivity index (χ2n) is 4.62.